The van der Waals surface area contributed by atoms with Crippen molar-refractivity contribution in [3.63, 3.8) is 0 Å². The quantitative estimate of drug-likeness (QED) is 0.865. The topological polar surface area (TPSA) is 64.8 Å². The summed E-state index contributed by atoms with van der Waals surface area (Å²) < 4.78 is 10.7. The number of halogens is 1. The van der Waals surface area contributed by atoms with Crippen LogP contribution in [0.2, 0.25) is 5.02 Å². The van der Waals surface area contributed by atoms with E-state index in [1.165, 1.54) is 7.11 Å². The van der Waals surface area contributed by atoms with E-state index in [4.69, 9.17) is 26.8 Å². The number of nitrogens with zero attached hydrogens (tertiary/aromatic N) is 1. The van der Waals surface area contributed by atoms with Gasteiger partial charge in [-0.15, -0.1) is 0 Å². The fourth-order valence-electron chi connectivity index (χ4n) is 2.29. The van der Waals surface area contributed by atoms with E-state index in [-0.39, 0.29) is 12.0 Å². The van der Waals surface area contributed by atoms with Crippen LogP contribution in [0.1, 0.15) is 23.2 Å². The molecule has 1 aliphatic rings. The molecule has 1 saturated heterocycles. The number of amides is 1. The fourth-order valence-corrected chi connectivity index (χ4v) is 2.45. The van der Waals surface area contributed by atoms with Gasteiger partial charge in [-0.05, 0) is 18.9 Å². The Hall–Kier alpha value is -1.46. The van der Waals surface area contributed by atoms with Gasteiger partial charge in [0.15, 0.2) is 0 Å². The highest BCUT2D eigenvalue weighted by atomic mass is 35.5. The zero-order valence-corrected chi connectivity index (χ0v) is 12.4. The Kier molecular flexibility index (Phi) is 4.73. The number of nitrogens with two attached hydrogens (primary N) is 1. The SMILES string of the molecule is COc1cc(N)c(Cl)cc1C(=O)N(C)CC1CCCO1. The fraction of sp³-hybridized carbons (Fsp3) is 0.500. The number of methoxy groups -OCH3 is 1. The summed E-state index contributed by atoms with van der Waals surface area (Å²) in [6.45, 7) is 1.33. The molecule has 2 N–H and O–H groups in total. The number of benzene rings is 1. The second kappa shape index (κ2) is 6.33. The molecule has 1 atom stereocenters. The first kappa shape index (κ1) is 14.9. The maximum Gasteiger partial charge on any atom is 0.257 e. The first-order chi connectivity index (χ1) is 9.52. The molecular weight excluding hydrogens is 280 g/mol. The maximum absolute atomic E-state index is 12.5. The number of nitrogen functional groups attached to an aromatic ring is 1. The Morgan fingerprint density at radius 2 is 2.35 bits per heavy atom. The van der Waals surface area contributed by atoms with Crippen molar-refractivity contribution in [2.75, 3.05) is 33.0 Å². The van der Waals surface area contributed by atoms with E-state index < -0.39 is 0 Å². The van der Waals surface area contributed by atoms with Crippen molar-refractivity contribution >= 4 is 23.2 Å². The van der Waals surface area contributed by atoms with Crippen molar-refractivity contribution in [2.24, 2.45) is 0 Å². The van der Waals surface area contributed by atoms with E-state index in [1.54, 1.807) is 24.1 Å². The molecule has 1 fully saturated rings. The van der Waals surface area contributed by atoms with E-state index >= 15 is 0 Å². The van der Waals surface area contributed by atoms with Crippen LogP contribution in [-0.2, 0) is 4.74 Å². The van der Waals surface area contributed by atoms with Crippen molar-refractivity contribution in [3.05, 3.63) is 22.7 Å². The monoisotopic (exact) mass is 298 g/mol. The van der Waals surface area contributed by atoms with E-state index in [2.05, 4.69) is 0 Å². The van der Waals surface area contributed by atoms with E-state index in [0.717, 1.165) is 19.4 Å². The molecule has 5 nitrogen and oxygen atoms in total. The molecule has 0 bridgehead atoms. The molecule has 1 amide bonds. The van der Waals surface area contributed by atoms with E-state index in [1.807, 2.05) is 0 Å². The van der Waals surface area contributed by atoms with Gasteiger partial charge in [0, 0.05) is 26.3 Å². The van der Waals surface area contributed by atoms with Crippen LogP contribution in [0, 0.1) is 0 Å². The van der Waals surface area contributed by atoms with Crippen LogP contribution < -0.4 is 10.5 Å². The number of carbonyl (C=O) groups is 1. The predicted octanol–water partition coefficient (Wildman–Crippen LogP) is 2.18. The van der Waals surface area contributed by atoms with Gasteiger partial charge in [-0.2, -0.15) is 0 Å². The summed E-state index contributed by atoms with van der Waals surface area (Å²) >= 11 is 5.99. The van der Waals surface area contributed by atoms with E-state index in [0.29, 0.717) is 28.6 Å². The van der Waals surface area contributed by atoms with Crippen molar-refractivity contribution in [1.82, 2.24) is 4.90 Å². The smallest absolute Gasteiger partial charge is 0.257 e. The third-order valence-electron chi connectivity index (χ3n) is 3.40. The molecule has 0 spiro atoms. The highest BCUT2D eigenvalue weighted by Crippen LogP contribution is 2.29. The van der Waals surface area contributed by atoms with E-state index in [9.17, 15) is 4.79 Å². The summed E-state index contributed by atoms with van der Waals surface area (Å²) in [7, 11) is 3.24. The van der Waals surface area contributed by atoms with Crippen LogP contribution in [0.15, 0.2) is 12.1 Å². The number of anilines is 1. The molecule has 6 heteroatoms. The third-order valence-corrected chi connectivity index (χ3v) is 3.72. The van der Waals surface area contributed by atoms with Crippen molar-refractivity contribution < 1.29 is 14.3 Å². The Morgan fingerprint density at radius 3 is 2.95 bits per heavy atom. The highest BCUT2D eigenvalue weighted by molar-refractivity contribution is 6.33. The van der Waals surface area contributed by atoms with Gasteiger partial charge in [-0.25, -0.2) is 0 Å². The first-order valence-electron chi connectivity index (χ1n) is 6.53. The molecular formula is C14H19ClN2O3. The third kappa shape index (κ3) is 3.16. The standard InChI is InChI=1S/C14H19ClN2O3/c1-17(8-9-4-3-5-20-9)14(18)10-6-11(15)12(16)7-13(10)19-2/h6-7,9H,3-5,8,16H2,1-2H3. The zero-order chi connectivity index (χ0) is 14.7. The van der Waals surface area contributed by atoms with Crippen molar-refractivity contribution in [2.45, 2.75) is 18.9 Å². The summed E-state index contributed by atoms with van der Waals surface area (Å²) in [5, 5.41) is 0.347. The molecule has 0 saturated carbocycles. The van der Waals surface area contributed by atoms with Gasteiger partial charge in [0.05, 0.1) is 29.5 Å². The Morgan fingerprint density at radius 1 is 1.60 bits per heavy atom. The van der Waals surface area contributed by atoms with Crippen LogP contribution >= 0.6 is 11.6 Å². The minimum absolute atomic E-state index is 0.110. The highest BCUT2D eigenvalue weighted by Gasteiger charge is 2.23. The summed E-state index contributed by atoms with van der Waals surface area (Å²) in [5.74, 6) is 0.273. The molecule has 20 heavy (non-hydrogen) atoms. The van der Waals surface area contributed by atoms with Crippen molar-refractivity contribution in [1.29, 1.82) is 0 Å². The molecule has 0 radical (unpaired) electrons. The minimum atomic E-state index is -0.153. The molecule has 1 aromatic rings. The van der Waals surface area contributed by atoms with Gasteiger partial charge >= 0.3 is 0 Å². The van der Waals surface area contributed by atoms with Gasteiger partial charge in [0.25, 0.3) is 5.91 Å². The predicted molar refractivity (Wildman–Crippen MR) is 78.4 cm³/mol. The molecule has 0 aliphatic carbocycles. The van der Waals surface area contributed by atoms with Gasteiger partial charge in [0.1, 0.15) is 5.75 Å². The Labute approximate surface area is 123 Å². The number of carbonyl (C=O) groups excluding carboxylic acids is 1. The normalized spacial score (nSPS) is 18.1. The lowest BCUT2D eigenvalue weighted by Gasteiger charge is -2.22. The minimum Gasteiger partial charge on any atom is -0.496 e. The zero-order valence-electron chi connectivity index (χ0n) is 11.7. The number of rotatable bonds is 4. The Balaban J connectivity index is 2.16. The lowest BCUT2D eigenvalue weighted by atomic mass is 10.1. The molecule has 0 aromatic heterocycles. The van der Waals surface area contributed by atoms with Crippen LogP contribution in [0.25, 0.3) is 0 Å². The number of ether oxygens (including phenoxy) is 2. The van der Waals surface area contributed by atoms with Crippen LogP contribution in [-0.4, -0.2) is 44.2 Å². The van der Waals surface area contributed by atoms with Gasteiger partial charge in [0.2, 0.25) is 0 Å². The van der Waals surface area contributed by atoms with Crippen LogP contribution in [0.4, 0.5) is 5.69 Å². The second-order valence-corrected chi connectivity index (χ2v) is 5.30. The summed E-state index contributed by atoms with van der Waals surface area (Å²) in [6, 6.07) is 3.11. The molecule has 1 aliphatic heterocycles. The molecule has 110 valence electrons. The lowest BCUT2D eigenvalue weighted by molar-refractivity contribution is 0.0584. The van der Waals surface area contributed by atoms with Gasteiger partial charge in [-0.3, -0.25) is 4.79 Å². The Bertz CT molecular complexity index is 501. The largest absolute Gasteiger partial charge is 0.496 e. The summed E-state index contributed by atoms with van der Waals surface area (Å²) in [4.78, 5) is 14.1. The average molecular weight is 299 g/mol. The average Bonchev–Trinajstić information content (AvgIpc) is 2.93. The molecule has 2 rings (SSSR count). The second-order valence-electron chi connectivity index (χ2n) is 4.89. The number of likely N-dealkylation sites (N-methyl/N-ethyl adjacent to an activating group) is 1. The first-order valence-corrected chi connectivity index (χ1v) is 6.90. The van der Waals surface area contributed by atoms with Crippen LogP contribution in [0.5, 0.6) is 5.75 Å². The number of hydrogen-bond donors (Lipinski definition) is 1. The van der Waals surface area contributed by atoms with Gasteiger partial charge in [-0.1, -0.05) is 11.6 Å². The molecule has 1 aromatic carbocycles. The lowest BCUT2D eigenvalue weighted by Crippen LogP contribution is -2.34. The number of hydrogen-bond acceptors (Lipinski definition) is 4. The molecule has 1 heterocycles. The van der Waals surface area contributed by atoms with Gasteiger partial charge < -0.3 is 20.1 Å². The summed E-state index contributed by atoms with van der Waals surface area (Å²) in [6.07, 6.45) is 2.14. The maximum atomic E-state index is 12.5. The molecule has 1 unspecified atom stereocenters. The van der Waals surface area contributed by atoms with Crippen LogP contribution in [0.3, 0.4) is 0 Å². The van der Waals surface area contributed by atoms with Crippen molar-refractivity contribution in [3.8, 4) is 5.75 Å². The summed E-state index contributed by atoms with van der Waals surface area (Å²) in [5.41, 5.74) is 6.52.